The van der Waals surface area contributed by atoms with Gasteiger partial charge >= 0.3 is 0 Å². The molecule has 7 heteroatoms. The molecule has 1 aliphatic rings. The van der Waals surface area contributed by atoms with Crippen molar-refractivity contribution < 1.29 is 9.47 Å². The van der Waals surface area contributed by atoms with Crippen LogP contribution in [0.25, 0.3) is 0 Å². The van der Waals surface area contributed by atoms with E-state index in [-0.39, 0.29) is 0 Å². The van der Waals surface area contributed by atoms with Crippen molar-refractivity contribution in [2.45, 2.75) is 56.8 Å². The van der Waals surface area contributed by atoms with Crippen LogP contribution >= 0.6 is 11.8 Å². The van der Waals surface area contributed by atoms with Gasteiger partial charge in [-0.2, -0.15) is 0 Å². The first-order valence-corrected chi connectivity index (χ1v) is 12.4. The number of aromatic nitrogens is 3. The highest BCUT2D eigenvalue weighted by Crippen LogP contribution is 2.33. The minimum atomic E-state index is 0.473. The van der Waals surface area contributed by atoms with Crippen molar-refractivity contribution in [2.24, 2.45) is 0 Å². The molecule has 170 valence electrons. The lowest BCUT2D eigenvalue weighted by Gasteiger charge is -2.25. The molecule has 0 atom stereocenters. The minimum Gasteiger partial charge on any atom is -0.497 e. The fraction of sp³-hybridized carbons (Fsp3) is 0.440. The van der Waals surface area contributed by atoms with E-state index in [4.69, 9.17) is 9.47 Å². The van der Waals surface area contributed by atoms with Crippen molar-refractivity contribution in [1.82, 2.24) is 14.8 Å². The third-order valence-corrected chi connectivity index (χ3v) is 6.71. The van der Waals surface area contributed by atoms with Crippen molar-refractivity contribution in [3.63, 3.8) is 0 Å². The Kier molecular flexibility index (Phi) is 7.93. The normalized spacial score (nSPS) is 14.3. The quantitative estimate of drug-likeness (QED) is 0.306. The number of ether oxygens (including phenoxy) is 2. The lowest BCUT2D eigenvalue weighted by atomic mass is 9.95. The van der Waals surface area contributed by atoms with Crippen molar-refractivity contribution in [3.8, 4) is 11.5 Å². The highest BCUT2D eigenvalue weighted by atomic mass is 32.2. The van der Waals surface area contributed by atoms with Gasteiger partial charge in [0, 0.05) is 23.5 Å². The van der Waals surface area contributed by atoms with E-state index >= 15 is 0 Å². The SMILES string of the molecule is COc1cccc(NCc2nnc(SCCOc3ccc(C)cc3)n2C2CCCCC2)c1. The summed E-state index contributed by atoms with van der Waals surface area (Å²) in [7, 11) is 1.69. The molecule has 4 rings (SSSR count). The molecule has 1 heterocycles. The first kappa shape index (κ1) is 22.5. The summed E-state index contributed by atoms with van der Waals surface area (Å²) < 4.78 is 13.6. The summed E-state index contributed by atoms with van der Waals surface area (Å²) in [5.41, 5.74) is 2.26. The molecular weight excluding hydrogens is 420 g/mol. The van der Waals surface area contributed by atoms with E-state index in [0.717, 1.165) is 33.9 Å². The molecule has 1 fully saturated rings. The number of methoxy groups -OCH3 is 1. The summed E-state index contributed by atoms with van der Waals surface area (Å²) in [6.07, 6.45) is 6.25. The summed E-state index contributed by atoms with van der Waals surface area (Å²) in [4.78, 5) is 0. The van der Waals surface area contributed by atoms with E-state index in [1.165, 1.54) is 37.7 Å². The topological polar surface area (TPSA) is 61.2 Å². The fourth-order valence-electron chi connectivity index (χ4n) is 4.07. The van der Waals surface area contributed by atoms with Gasteiger partial charge in [0.1, 0.15) is 11.5 Å². The summed E-state index contributed by atoms with van der Waals surface area (Å²) in [5, 5.41) is 13.6. The molecule has 0 saturated heterocycles. The number of aryl methyl sites for hydroxylation is 1. The highest BCUT2D eigenvalue weighted by Gasteiger charge is 2.23. The number of anilines is 1. The Morgan fingerprint density at radius 3 is 2.62 bits per heavy atom. The predicted molar refractivity (Wildman–Crippen MR) is 130 cm³/mol. The number of benzene rings is 2. The number of rotatable bonds is 10. The van der Waals surface area contributed by atoms with Crippen LogP contribution in [0.3, 0.4) is 0 Å². The van der Waals surface area contributed by atoms with Crippen LogP contribution in [0, 0.1) is 6.92 Å². The molecule has 0 aliphatic heterocycles. The number of hydrogen-bond donors (Lipinski definition) is 1. The molecule has 0 radical (unpaired) electrons. The van der Waals surface area contributed by atoms with Gasteiger partial charge in [0.05, 0.1) is 20.3 Å². The van der Waals surface area contributed by atoms with Gasteiger partial charge in [-0.05, 0) is 44.0 Å². The molecule has 32 heavy (non-hydrogen) atoms. The van der Waals surface area contributed by atoms with Crippen LogP contribution in [0.15, 0.2) is 53.7 Å². The maximum absolute atomic E-state index is 5.90. The van der Waals surface area contributed by atoms with Crippen LogP contribution < -0.4 is 14.8 Å². The van der Waals surface area contributed by atoms with Gasteiger partial charge in [0.2, 0.25) is 0 Å². The number of hydrogen-bond acceptors (Lipinski definition) is 6. The van der Waals surface area contributed by atoms with Crippen LogP contribution in [0.4, 0.5) is 5.69 Å². The van der Waals surface area contributed by atoms with Gasteiger partial charge in [-0.25, -0.2) is 0 Å². The van der Waals surface area contributed by atoms with Gasteiger partial charge in [-0.1, -0.05) is 54.8 Å². The Balaban J connectivity index is 1.40. The molecule has 1 aromatic heterocycles. The van der Waals surface area contributed by atoms with Crippen molar-refractivity contribution in [3.05, 3.63) is 59.9 Å². The van der Waals surface area contributed by atoms with Gasteiger partial charge in [-0.3, -0.25) is 0 Å². The second-order valence-corrected chi connectivity index (χ2v) is 9.22. The minimum absolute atomic E-state index is 0.473. The molecule has 0 spiro atoms. The van der Waals surface area contributed by atoms with Crippen LogP contribution in [0.5, 0.6) is 11.5 Å². The van der Waals surface area contributed by atoms with Gasteiger partial charge in [-0.15, -0.1) is 10.2 Å². The lowest BCUT2D eigenvalue weighted by Crippen LogP contribution is -2.18. The van der Waals surface area contributed by atoms with E-state index in [2.05, 4.69) is 39.1 Å². The average molecular weight is 453 g/mol. The second kappa shape index (κ2) is 11.3. The van der Waals surface area contributed by atoms with Crippen LogP contribution in [0.1, 0.15) is 49.5 Å². The second-order valence-electron chi connectivity index (χ2n) is 8.16. The lowest BCUT2D eigenvalue weighted by molar-refractivity contribution is 0.328. The molecule has 3 aromatic rings. The molecule has 1 N–H and O–H groups in total. The third-order valence-electron chi connectivity index (χ3n) is 5.80. The van der Waals surface area contributed by atoms with E-state index in [1.807, 2.05) is 36.4 Å². The Labute approximate surface area is 194 Å². The maximum Gasteiger partial charge on any atom is 0.191 e. The van der Waals surface area contributed by atoms with Crippen molar-refractivity contribution in [1.29, 1.82) is 0 Å². The summed E-state index contributed by atoms with van der Waals surface area (Å²) in [6.45, 7) is 3.36. The van der Waals surface area contributed by atoms with E-state index < -0.39 is 0 Å². The maximum atomic E-state index is 5.90. The zero-order valence-electron chi connectivity index (χ0n) is 18.9. The Bertz CT molecular complexity index is 984. The first-order valence-electron chi connectivity index (χ1n) is 11.4. The monoisotopic (exact) mass is 452 g/mol. The number of thioether (sulfide) groups is 1. The van der Waals surface area contributed by atoms with Crippen LogP contribution in [-0.2, 0) is 6.54 Å². The largest absolute Gasteiger partial charge is 0.497 e. The zero-order valence-corrected chi connectivity index (χ0v) is 19.7. The fourth-order valence-corrected chi connectivity index (χ4v) is 4.91. The first-order chi connectivity index (χ1) is 15.7. The standard InChI is InChI=1S/C25H32N4O2S/c1-19-11-13-22(14-12-19)31-15-16-32-25-28-27-24(29(25)21-8-4-3-5-9-21)18-26-20-7-6-10-23(17-20)30-2/h6-7,10-14,17,21,26H,3-5,8-9,15-16,18H2,1-2H3. The molecule has 6 nitrogen and oxygen atoms in total. The van der Waals surface area contributed by atoms with E-state index in [0.29, 0.717) is 19.2 Å². The number of nitrogens with one attached hydrogen (secondary N) is 1. The molecule has 1 aliphatic carbocycles. The number of nitrogens with zero attached hydrogens (tertiary/aromatic N) is 3. The van der Waals surface area contributed by atoms with Crippen LogP contribution in [-0.4, -0.2) is 34.2 Å². The Hall–Kier alpha value is -2.67. The molecule has 0 bridgehead atoms. The van der Waals surface area contributed by atoms with Crippen LogP contribution in [0.2, 0.25) is 0 Å². The van der Waals surface area contributed by atoms with Crippen molar-refractivity contribution in [2.75, 3.05) is 24.8 Å². The van der Waals surface area contributed by atoms with E-state index in [9.17, 15) is 0 Å². The Morgan fingerprint density at radius 2 is 1.84 bits per heavy atom. The molecular formula is C25H32N4O2S. The molecule has 0 unspecified atom stereocenters. The highest BCUT2D eigenvalue weighted by molar-refractivity contribution is 7.99. The van der Waals surface area contributed by atoms with Gasteiger partial charge in [0.25, 0.3) is 0 Å². The van der Waals surface area contributed by atoms with Gasteiger partial charge < -0.3 is 19.4 Å². The predicted octanol–water partition coefficient (Wildman–Crippen LogP) is 5.88. The molecule has 0 amide bonds. The van der Waals surface area contributed by atoms with E-state index in [1.54, 1.807) is 18.9 Å². The Morgan fingerprint density at radius 1 is 1.03 bits per heavy atom. The summed E-state index contributed by atoms with van der Waals surface area (Å²) in [6, 6.07) is 16.6. The zero-order chi connectivity index (χ0) is 22.2. The molecule has 2 aromatic carbocycles. The summed E-state index contributed by atoms with van der Waals surface area (Å²) >= 11 is 1.73. The average Bonchev–Trinajstić information content (AvgIpc) is 3.25. The molecule has 1 saturated carbocycles. The van der Waals surface area contributed by atoms with Gasteiger partial charge in [0.15, 0.2) is 11.0 Å². The summed E-state index contributed by atoms with van der Waals surface area (Å²) in [5.74, 6) is 3.57. The van der Waals surface area contributed by atoms with Crippen molar-refractivity contribution >= 4 is 17.4 Å². The third kappa shape index (κ3) is 5.97. The smallest absolute Gasteiger partial charge is 0.191 e.